The van der Waals surface area contributed by atoms with Crippen molar-refractivity contribution < 1.29 is 33.3 Å². The lowest BCUT2D eigenvalue weighted by Gasteiger charge is -2.38. The number of primary amides is 1. The number of piperidine rings is 1. The number of amides is 2. The fourth-order valence-electron chi connectivity index (χ4n) is 3.76. The maximum Gasteiger partial charge on any atom is 0.402 e. The maximum atomic E-state index is 12.9. The Balaban J connectivity index is 0.00000106. The van der Waals surface area contributed by atoms with Gasteiger partial charge in [-0.05, 0) is 43.2 Å². The van der Waals surface area contributed by atoms with Crippen molar-refractivity contribution in [2.75, 3.05) is 46.2 Å². The van der Waals surface area contributed by atoms with E-state index in [1.807, 2.05) is 0 Å². The lowest BCUT2D eigenvalue weighted by molar-refractivity contribution is 0.00527. The summed E-state index contributed by atoms with van der Waals surface area (Å²) in [7, 11) is 3.13. The van der Waals surface area contributed by atoms with Crippen LogP contribution in [0.3, 0.4) is 0 Å². The van der Waals surface area contributed by atoms with Crippen LogP contribution in [0.15, 0.2) is 36.4 Å². The molecular formula is C24H32ClFN4O6. The van der Waals surface area contributed by atoms with Crippen molar-refractivity contribution in [2.45, 2.75) is 25.0 Å². The van der Waals surface area contributed by atoms with E-state index >= 15 is 0 Å². The predicted octanol–water partition coefficient (Wildman–Crippen LogP) is 2.98. The van der Waals surface area contributed by atoms with Crippen molar-refractivity contribution in [2.24, 2.45) is 5.73 Å². The zero-order chi connectivity index (χ0) is 26.7. The van der Waals surface area contributed by atoms with Gasteiger partial charge in [0, 0.05) is 32.8 Å². The molecule has 198 valence electrons. The Labute approximate surface area is 214 Å². The van der Waals surface area contributed by atoms with Gasteiger partial charge in [-0.1, -0.05) is 11.6 Å². The number of carbonyl (C=O) groups is 2. The van der Waals surface area contributed by atoms with Gasteiger partial charge in [-0.15, -0.1) is 0 Å². The number of hydrogen-bond acceptors (Lipinski definition) is 7. The summed E-state index contributed by atoms with van der Waals surface area (Å²) in [6.45, 7) is 2.89. The third-order valence-corrected chi connectivity index (χ3v) is 5.85. The molecule has 1 aliphatic rings. The number of nitrogens with two attached hydrogens (primary N) is 2. The molecule has 0 unspecified atom stereocenters. The molecule has 0 radical (unpaired) electrons. The van der Waals surface area contributed by atoms with Crippen LogP contribution in [0.5, 0.6) is 11.5 Å². The quantitative estimate of drug-likeness (QED) is 0.288. The molecule has 3 rings (SSSR count). The van der Waals surface area contributed by atoms with Crippen LogP contribution in [0.2, 0.25) is 5.02 Å². The van der Waals surface area contributed by atoms with Gasteiger partial charge < -0.3 is 41.0 Å². The average Bonchev–Trinajstić information content (AvgIpc) is 2.84. The zero-order valence-electron chi connectivity index (χ0n) is 20.2. The highest BCUT2D eigenvalue weighted by molar-refractivity contribution is 6.33. The summed E-state index contributed by atoms with van der Waals surface area (Å²) in [6.07, 6.45) is 0.0843. The standard InChI is InChI=1S/C23H29ClFN3O4.CH3NO2/c1-30-21-13-19(26)18(24)12-17(21)23(29)27-20-8-10-28(14-22(20)31-2)9-3-11-32-16-6-4-15(25)5-7-16;2-1(3)4/h4-7,12-13,20,22H,3,8-11,14,26H2,1-2H3,(H,27,29);2H2,(H,3,4)/t20-,22+;/m1./s1. The van der Waals surface area contributed by atoms with Crippen LogP contribution in [0.4, 0.5) is 14.9 Å². The van der Waals surface area contributed by atoms with Gasteiger partial charge in [0.2, 0.25) is 0 Å². The van der Waals surface area contributed by atoms with Crippen LogP contribution in [0, 0.1) is 5.82 Å². The molecule has 2 amide bonds. The summed E-state index contributed by atoms with van der Waals surface area (Å²) in [5.74, 6) is 0.463. The summed E-state index contributed by atoms with van der Waals surface area (Å²) in [5, 5.41) is 10.5. The van der Waals surface area contributed by atoms with Crippen molar-refractivity contribution in [3.05, 3.63) is 52.8 Å². The predicted molar refractivity (Wildman–Crippen MR) is 134 cm³/mol. The molecular weight excluding hydrogens is 495 g/mol. The number of anilines is 1. The molecule has 1 fully saturated rings. The molecule has 0 aliphatic carbocycles. The van der Waals surface area contributed by atoms with Gasteiger partial charge in [0.15, 0.2) is 0 Å². The van der Waals surface area contributed by atoms with Crippen molar-refractivity contribution in [1.82, 2.24) is 10.2 Å². The Hall–Kier alpha value is -3.28. The van der Waals surface area contributed by atoms with Gasteiger partial charge in [0.25, 0.3) is 5.91 Å². The number of ether oxygens (including phenoxy) is 3. The second-order valence-corrected chi connectivity index (χ2v) is 8.42. The maximum absolute atomic E-state index is 12.9. The van der Waals surface area contributed by atoms with E-state index in [4.69, 9.17) is 41.4 Å². The molecule has 10 nitrogen and oxygen atoms in total. The number of nitrogen functional groups attached to an aromatic ring is 1. The molecule has 2 atom stereocenters. The van der Waals surface area contributed by atoms with E-state index in [1.165, 1.54) is 25.3 Å². The molecule has 1 saturated heterocycles. The highest BCUT2D eigenvalue weighted by atomic mass is 35.5. The van der Waals surface area contributed by atoms with Gasteiger partial charge in [-0.2, -0.15) is 0 Å². The SMILES string of the molecule is COc1cc(N)c(Cl)cc1C(=O)N[C@@H]1CCN(CCCOc2ccc(F)cc2)C[C@@H]1OC.NC(=O)O. The normalized spacial score (nSPS) is 17.4. The van der Waals surface area contributed by atoms with Crippen LogP contribution < -0.4 is 26.3 Å². The Kier molecular flexibility index (Phi) is 11.5. The van der Waals surface area contributed by atoms with Gasteiger partial charge in [0.05, 0.1) is 42.1 Å². The number of benzene rings is 2. The molecule has 0 saturated carbocycles. The Morgan fingerprint density at radius 1 is 1.25 bits per heavy atom. The Morgan fingerprint density at radius 3 is 2.53 bits per heavy atom. The fraction of sp³-hybridized carbons (Fsp3) is 0.417. The van der Waals surface area contributed by atoms with Gasteiger partial charge >= 0.3 is 6.09 Å². The first kappa shape index (κ1) is 29.0. The van der Waals surface area contributed by atoms with E-state index in [0.29, 0.717) is 40.9 Å². The largest absolute Gasteiger partial charge is 0.496 e. The number of carboxylic acid groups (broad SMARTS) is 1. The number of likely N-dealkylation sites (tertiary alicyclic amines) is 1. The number of nitrogens with zero attached hydrogens (tertiary/aromatic N) is 1. The zero-order valence-corrected chi connectivity index (χ0v) is 21.0. The van der Waals surface area contributed by atoms with E-state index in [-0.39, 0.29) is 23.9 Å². The van der Waals surface area contributed by atoms with Crippen LogP contribution >= 0.6 is 11.6 Å². The van der Waals surface area contributed by atoms with Crippen molar-refractivity contribution >= 4 is 29.3 Å². The number of nitrogens with one attached hydrogen (secondary N) is 1. The second kappa shape index (κ2) is 14.3. The molecule has 0 bridgehead atoms. The van der Waals surface area contributed by atoms with Crippen molar-refractivity contribution in [3.8, 4) is 11.5 Å². The van der Waals surface area contributed by atoms with Crippen LogP contribution in [-0.2, 0) is 4.74 Å². The minimum Gasteiger partial charge on any atom is -0.496 e. The smallest absolute Gasteiger partial charge is 0.402 e. The molecule has 1 aliphatic heterocycles. The third-order valence-electron chi connectivity index (χ3n) is 5.53. The van der Waals surface area contributed by atoms with Gasteiger partial charge in [0.1, 0.15) is 17.3 Å². The Morgan fingerprint density at radius 2 is 1.92 bits per heavy atom. The van der Waals surface area contributed by atoms with E-state index in [0.717, 1.165) is 25.9 Å². The molecule has 2 aromatic carbocycles. The van der Waals surface area contributed by atoms with Crippen molar-refractivity contribution in [3.63, 3.8) is 0 Å². The monoisotopic (exact) mass is 526 g/mol. The molecule has 12 heteroatoms. The summed E-state index contributed by atoms with van der Waals surface area (Å²) in [4.78, 5) is 23.9. The highest BCUT2D eigenvalue weighted by Crippen LogP contribution is 2.29. The van der Waals surface area contributed by atoms with Gasteiger partial charge in [-0.3, -0.25) is 4.79 Å². The van der Waals surface area contributed by atoms with E-state index in [2.05, 4.69) is 16.0 Å². The second-order valence-electron chi connectivity index (χ2n) is 8.01. The topological polar surface area (TPSA) is 149 Å². The summed E-state index contributed by atoms with van der Waals surface area (Å²) in [5.41, 5.74) is 10.5. The number of halogens is 2. The molecule has 6 N–H and O–H groups in total. The van der Waals surface area contributed by atoms with E-state index in [9.17, 15) is 9.18 Å². The van der Waals surface area contributed by atoms with Crippen LogP contribution in [0.1, 0.15) is 23.2 Å². The van der Waals surface area contributed by atoms with Crippen LogP contribution in [0.25, 0.3) is 0 Å². The minimum absolute atomic E-state index is 0.139. The Bertz CT molecular complexity index is 1010. The lowest BCUT2D eigenvalue weighted by Crippen LogP contribution is -2.55. The van der Waals surface area contributed by atoms with Crippen LogP contribution in [-0.4, -0.2) is 74.6 Å². The molecule has 36 heavy (non-hydrogen) atoms. The molecule has 0 aromatic heterocycles. The summed E-state index contributed by atoms with van der Waals surface area (Å²) < 4.78 is 29.5. The average molecular weight is 527 g/mol. The fourth-order valence-corrected chi connectivity index (χ4v) is 3.92. The summed E-state index contributed by atoms with van der Waals surface area (Å²) >= 11 is 6.09. The minimum atomic E-state index is -1.33. The first-order valence-electron chi connectivity index (χ1n) is 11.2. The van der Waals surface area contributed by atoms with Gasteiger partial charge in [-0.25, -0.2) is 9.18 Å². The molecule has 1 heterocycles. The number of methoxy groups -OCH3 is 2. The van der Waals surface area contributed by atoms with E-state index < -0.39 is 6.09 Å². The number of hydrogen-bond donors (Lipinski definition) is 4. The number of carbonyl (C=O) groups excluding carboxylic acids is 1. The number of rotatable bonds is 9. The van der Waals surface area contributed by atoms with Crippen molar-refractivity contribution in [1.29, 1.82) is 0 Å². The summed E-state index contributed by atoms with van der Waals surface area (Å²) in [6, 6.07) is 8.92. The first-order valence-corrected chi connectivity index (χ1v) is 11.6. The molecule has 0 spiro atoms. The lowest BCUT2D eigenvalue weighted by atomic mass is 10.0. The molecule has 2 aromatic rings. The third kappa shape index (κ3) is 9.06. The highest BCUT2D eigenvalue weighted by Gasteiger charge is 2.31. The van der Waals surface area contributed by atoms with E-state index in [1.54, 1.807) is 25.3 Å². The first-order chi connectivity index (χ1) is 17.1.